The van der Waals surface area contributed by atoms with Crippen LogP contribution in [-0.2, 0) is 16.1 Å². The average molecular weight is 388 g/mol. The van der Waals surface area contributed by atoms with Gasteiger partial charge >= 0.3 is 0 Å². The van der Waals surface area contributed by atoms with Crippen molar-refractivity contribution in [3.8, 4) is 0 Å². The summed E-state index contributed by atoms with van der Waals surface area (Å²) < 4.78 is 0. The molecule has 0 aliphatic carbocycles. The number of carbonyl (C=O) groups excluding carboxylic acids is 2. The van der Waals surface area contributed by atoms with Gasteiger partial charge in [-0.15, -0.1) is 11.3 Å². The summed E-state index contributed by atoms with van der Waals surface area (Å²) in [6.45, 7) is 5.62. The molecule has 1 aliphatic heterocycles. The highest BCUT2D eigenvalue weighted by Gasteiger charge is 2.27. The molecule has 1 saturated heterocycles. The molecule has 2 N–H and O–H groups in total. The number of anilines is 1. The largest absolute Gasteiger partial charge is 0.351 e. The molecule has 2 aromatic rings. The predicted octanol–water partition coefficient (Wildman–Crippen LogP) is 1.94. The van der Waals surface area contributed by atoms with Crippen LogP contribution in [-0.4, -0.2) is 42.9 Å². The van der Waals surface area contributed by atoms with Gasteiger partial charge in [-0.05, 0) is 23.4 Å². The molecule has 6 nitrogen and oxygen atoms in total. The van der Waals surface area contributed by atoms with Crippen molar-refractivity contribution in [1.82, 2.24) is 10.2 Å². The van der Waals surface area contributed by atoms with Crippen LogP contribution in [0.15, 0.2) is 41.9 Å². The molecule has 1 aliphatic rings. The van der Waals surface area contributed by atoms with Crippen molar-refractivity contribution in [1.29, 1.82) is 0 Å². The number of H-pyrrole nitrogens is 1. The number of nitrogens with one attached hydrogen (secondary N) is 2. The van der Waals surface area contributed by atoms with Crippen LogP contribution in [0.1, 0.15) is 24.6 Å². The lowest BCUT2D eigenvalue weighted by Crippen LogP contribution is -2.50. The van der Waals surface area contributed by atoms with Crippen molar-refractivity contribution in [2.75, 3.05) is 31.1 Å². The highest BCUT2D eigenvalue weighted by molar-refractivity contribution is 7.09. The Morgan fingerprint density at radius 3 is 2.63 bits per heavy atom. The van der Waals surface area contributed by atoms with Gasteiger partial charge < -0.3 is 10.2 Å². The van der Waals surface area contributed by atoms with Crippen LogP contribution < -0.4 is 15.2 Å². The Morgan fingerprint density at radius 1 is 1.15 bits per heavy atom. The maximum absolute atomic E-state index is 12.5. The molecule has 144 valence electrons. The Hall–Kier alpha value is -2.41. The zero-order valence-corrected chi connectivity index (χ0v) is 16.5. The van der Waals surface area contributed by atoms with Crippen LogP contribution in [0.5, 0.6) is 0 Å². The molecule has 2 aromatic heterocycles. The first-order chi connectivity index (χ1) is 13.1. The smallest absolute Gasteiger partial charge is 0.274 e. The van der Waals surface area contributed by atoms with Crippen molar-refractivity contribution >= 4 is 29.0 Å². The predicted molar refractivity (Wildman–Crippen MR) is 106 cm³/mol. The van der Waals surface area contributed by atoms with Crippen LogP contribution in [0.3, 0.4) is 0 Å². The quantitative estimate of drug-likeness (QED) is 0.790. The summed E-state index contributed by atoms with van der Waals surface area (Å²) in [7, 11) is 0. The van der Waals surface area contributed by atoms with E-state index in [1.54, 1.807) is 11.3 Å². The molecule has 27 heavy (non-hydrogen) atoms. The maximum Gasteiger partial charge on any atom is 0.274 e. The molecule has 3 rings (SSSR count). The highest BCUT2D eigenvalue weighted by atomic mass is 32.1. The molecule has 2 amide bonds. The topological polar surface area (TPSA) is 66.8 Å². The number of carbonyl (C=O) groups is 2. The van der Waals surface area contributed by atoms with Gasteiger partial charge in [0.25, 0.3) is 5.82 Å². The zero-order chi connectivity index (χ0) is 19.1. The average Bonchev–Trinajstić information content (AvgIpc) is 3.21. The third-order valence-electron chi connectivity index (χ3n) is 4.76. The van der Waals surface area contributed by atoms with E-state index >= 15 is 0 Å². The van der Waals surface area contributed by atoms with E-state index in [0.29, 0.717) is 19.4 Å². The summed E-state index contributed by atoms with van der Waals surface area (Å²) in [6.07, 6.45) is 2.72. The summed E-state index contributed by atoms with van der Waals surface area (Å²) in [6, 6.07) is 10.00. The number of nitrogens with zero attached hydrogens (tertiary/aromatic N) is 2. The van der Waals surface area contributed by atoms with Crippen LogP contribution in [0.2, 0.25) is 0 Å². The number of pyridine rings is 1. The number of aromatic amines is 1. The highest BCUT2D eigenvalue weighted by Crippen LogP contribution is 2.15. The van der Waals surface area contributed by atoms with Gasteiger partial charge in [-0.3, -0.25) is 14.5 Å². The second kappa shape index (κ2) is 9.50. The molecule has 0 aromatic carbocycles. The fraction of sp³-hybridized carbons (Fsp3) is 0.450. The Labute approximate surface area is 164 Å². The Kier molecular flexibility index (Phi) is 6.81. The van der Waals surface area contributed by atoms with Gasteiger partial charge in [0.1, 0.15) is 13.1 Å². The summed E-state index contributed by atoms with van der Waals surface area (Å²) in [4.78, 5) is 33.2. The molecule has 0 radical (unpaired) electrons. The van der Waals surface area contributed by atoms with Crippen molar-refractivity contribution in [2.24, 2.45) is 5.92 Å². The van der Waals surface area contributed by atoms with E-state index in [9.17, 15) is 9.59 Å². The number of aromatic nitrogens is 1. The van der Waals surface area contributed by atoms with Gasteiger partial charge in [0, 0.05) is 23.8 Å². The number of rotatable bonds is 7. The van der Waals surface area contributed by atoms with Crippen molar-refractivity contribution in [3.05, 3.63) is 46.8 Å². The third-order valence-corrected chi connectivity index (χ3v) is 5.64. The van der Waals surface area contributed by atoms with E-state index in [0.717, 1.165) is 36.9 Å². The fourth-order valence-corrected chi connectivity index (χ4v) is 3.91. The molecule has 0 bridgehead atoms. The number of thiophene rings is 1. The molecule has 1 fully saturated rings. The summed E-state index contributed by atoms with van der Waals surface area (Å²) in [5, 5.41) is 4.93. The normalized spacial score (nSPS) is 15.4. The summed E-state index contributed by atoms with van der Waals surface area (Å²) >= 11 is 1.63. The molecule has 1 atom stereocenters. The second-order valence-electron chi connectivity index (χ2n) is 6.99. The Bertz CT molecular complexity index is 728. The monoisotopic (exact) mass is 387 g/mol. The number of amides is 2. The molecule has 0 spiro atoms. The lowest BCUT2D eigenvalue weighted by molar-refractivity contribution is -0.364. The van der Waals surface area contributed by atoms with Gasteiger partial charge in [-0.2, -0.15) is 0 Å². The van der Waals surface area contributed by atoms with Gasteiger partial charge in [0.05, 0.1) is 25.8 Å². The molecule has 0 saturated carbocycles. The van der Waals surface area contributed by atoms with E-state index < -0.39 is 0 Å². The van der Waals surface area contributed by atoms with Gasteiger partial charge in [-0.25, -0.2) is 4.98 Å². The van der Waals surface area contributed by atoms with Crippen LogP contribution in [0.25, 0.3) is 0 Å². The summed E-state index contributed by atoms with van der Waals surface area (Å²) in [5.41, 5.74) is 0. The molecular weight excluding hydrogens is 360 g/mol. The first-order valence-corrected chi connectivity index (χ1v) is 10.3. The van der Waals surface area contributed by atoms with E-state index in [1.807, 2.05) is 53.7 Å². The standard InChI is InChI=1S/C20H26N4O2S/c1-16(13-19(25)22-15-17-5-4-12-27-17)14-20(26)24-10-8-23(9-11-24)18-6-2-3-7-21-18/h2-7,12,16H,8-11,13-15H2,1H3,(H,22,25)/p+1/t16-/m0/s1. The summed E-state index contributed by atoms with van der Waals surface area (Å²) in [5.74, 6) is 1.28. The Morgan fingerprint density at radius 2 is 1.96 bits per heavy atom. The van der Waals surface area contributed by atoms with Crippen molar-refractivity contribution in [2.45, 2.75) is 26.3 Å². The van der Waals surface area contributed by atoms with Crippen molar-refractivity contribution < 1.29 is 14.6 Å². The Balaban J connectivity index is 1.38. The van der Waals surface area contributed by atoms with E-state index in [2.05, 4.69) is 15.2 Å². The third kappa shape index (κ3) is 5.79. The van der Waals surface area contributed by atoms with Crippen LogP contribution in [0.4, 0.5) is 5.82 Å². The second-order valence-corrected chi connectivity index (χ2v) is 8.02. The molecule has 0 unspecified atom stereocenters. The number of hydrogen-bond acceptors (Lipinski definition) is 4. The zero-order valence-electron chi connectivity index (χ0n) is 15.7. The van der Waals surface area contributed by atoms with Gasteiger partial charge in [0.15, 0.2) is 0 Å². The van der Waals surface area contributed by atoms with E-state index in [4.69, 9.17) is 0 Å². The lowest BCUT2D eigenvalue weighted by atomic mass is 10.0. The van der Waals surface area contributed by atoms with Crippen LogP contribution in [0, 0.1) is 5.92 Å². The minimum Gasteiger partial charge on any atom is -0.351 e. The van der Waals surface area contributed by atoms with E-state index in [-0.39, 0.29) is 17.7 Å². The van der Waals surface area contributed by atoms with Gasteiger partial charge in [-0.1, -0.05) is 19.1 Å². The van der Waals surface area contributed by atoms with E-state index in [1.165, 1.54) is 0 Å². The first-order valence-electron chi connectivity index (χ1n) is 9.40. The van der Waals surface area contributed by atoms with Gasteiger partial charge in [0.2, 0.25) is 11.8 Å². The molecular formula is C20H27N4O2S+. The first kappa shape index (κ1) is 19.4. The van der Waals surface area contributed by atoms with Crippen LogP contribution >= 0.6 is 11.3 Å². The maximum atomic E-state index is 12.5. The number of piperazine rings is 1. The van der Waals surface area contributed by atoms with Crippen molar-refractivity contribution in [3.63, 3.8) is 0 Å². The number of hydrogen-bond donors (Lipinski definition) is 1. The minimum absolute atomic E-state index is 0.00753. The molecule has 3 heterocycles. The molecule has 7 heteroatoms. The SMILES string of the molecule is C[C@@H](CC(=O)NCc1cccs1)CC(=O)N1CCN(c2cccc[nH+]2)CC1. The fourth-order valence-electron chi connectivity index (χ4n) is 3.26. The minimum atomic E-state index is 0.00753. The lowest BCUT2D eigenvalue weighted by Gasteiger charge is -2.31.